The van der Waals surface area contributed by atoms with Crippen LogP contribution in [-0.4, -0.2) is 31.2 Å². The highest BCUT2D eigenvalue weighted by Crippen LogP contribution is 2.23. The van der Waals surface area contributed by atoms with Crippen molar-refractivity contribution in [2.45, 2.75) is 40.8 Å². The third kappa shape index (κ3) is 6.54. The molecule has 6 nitrogen and oxygen atoms in total. The van der Waals surface area contributed by atoms with Gasteiger partial charge in [0.25, 0.3) is 0 Å². The molecule has 2 N–H and O–H groups in total. The van der Waals surface area contributed by atoms with Gasteiger partial charge in [-0.15, -0.1) is 24.0 Å². The molecule has 0 bridgehead atoms. The zero-order valence-corrected chi connectivity index (χ0v) is 19.7. The minimum absolute atomic E-state index is 0. The number of halogens is 1. The van der Waals surface area contributed by atoms with E-state index >= 15 is 0 Å². The van der Waals surface area contributed by atoms with Crippen molar-refractivity contribution in [3.05, 3.63) is 52.8 Å². The van der Waals surface area contributed by atoms with E-state index in [9.17, 15) is 0 Å². The van der Waals surface area contributed by atoms with Crippen LogP contribution in [0.1, 0.15) is 36.2 Å². The molecular weight excluding hydrogens is 467 g/mol. The molecule has 0 atom stereocenters. The summed E-state index contributed by atoms with van der Waals surface area (Å²) in [6.07, 6.45) is 1.84. The Hall–Kier alpha value is -2.03. The number of aromatic nitrogens is 1. The summed E-state index contributed by atoms with van der Waals surface area (Å²) in [7, 11) is 1.69. The fourth-order valence-corrected chi connectivity index (χ4v) is 2.85. The van der Waals surface area contributed by atoms with Crippen molar-refractivity contribution in [3.8, 4) is 11.5 Å². The van der Waals surface area contributed by atoms with Gasteiger partial charge in [0, 0.05) is 29.4 Å². The van der Waals surface area contributed by atoms with Crippen molar-refractivity contribution in [2.75, 3.05) is 20.3 Å². The van der Waals surface area contributed by atoms with Gasteiger partial charge in [-0.2, -0.15) is 0 Å². The normalized spacial score (nSPS) is 10.8. The lowest BCUT2D eigenvalue weighted by Gasteiger charge is -2.15. The highest BCUT2D eigenvalue weighted by atomic mass is 127. The van der Waals surface area contributed by atoms with Crippen LogP contribution >= 0.6 is 24.0 Å². The number of nitrogens with one attached hydrogen (secondary N) is 2. The largest absolute Gasteiger partial charge is 0.496 e. The zero-order valence-electron chi connectivity index (χ0n) is 17.3. The Balaban J connectivity index is 0.00000392. The smallest absolute Gasteiger partial charge is 0.191 e. The van der Waals surface area contributed by atoms with Crippen molar-refractivity contribution in [2.24, 2.45) is 4.99 Å². The van der Waals surface area contributed by atoms with Gasteiger partial charge in [0.2, 0.25) is 0 Å². The monoisotopic (exact) mass is 498 g/mol. The SMILES string of the molecule is CCNC(=NCc1ccccc1OCC)NCc1ncc(C)c(OC)c1C.I. The molecule has 28 heavy (non-hydrogen) atoms. The second-order valence-electron chi connectivity index (χ2n) is 6.14. The number of aryl methyl sites for hydroxylation is 1. The molecule has 2 aromatic rings. The van der Waals surface area contributed by atoms with Crippen molar-refractivity contribution in [1.82, 2.24) is 15.6 Å². The van der Waals surface area contributed by atoms with Gasteiger partial charge in [-0.1, -0.05) is 18.2 Å². The predicted octanol–water partition coefficient (Wildman–Crippen LogP) is 3.98. The van der Waals surface area contributed by atoms with Crippen LogP contribution in [0.25, 0.3) is 0 Å². The van der Waals surface area contributed by atoms with E-state index in [1.165, 1.54) is 0 Å². The van der Waals surface area contributed by atoms with Crippen molar-refractivity contribution >= 4 is 29.9 Å². The first-order chi connectivity index (χ1) is 13.1. The summed E-state index contributed by atoms with van der Waals surface area (Å²) in [5.74, 6) is 2.50. The highest BCUT2D eigenvalue weighted by molar-refractivity contribution is 14.0. The van der Waals surface area contributed by atoms with Crippen LogP contribution in [0.2, 0.25) is 0 Å². The molecule has 0 aliphatic heterocycles. The quantitative estimate of drug-likeness (QED) is 0.328. The first-order valence-electron chi connectivity index (χ1n) is 9.32. The Morgan fingerprint density at radius 2 is 1.89 bits per heavy atom. The average molecular weight is 498 g/mol. The standard InChI is InChI=1S/C21H30N4O2.HI/c1-6-22-21(24-13-17-10-8-9-11-19(17)27-7-2)25-14-18-16(4)20(26-5)15(3)12-23-18;/h8-12H,6-7,13-14H2,1-5H3,(H2,22,24,25);1H. The molecule has 0 radical (unpaired) electrons. The van der Waals surface area contributed by atoms with Gasteiger partial charge in [0.1, 0.15) is 11.5 Å². The molecule has 0 aliphatic carbocycles. The molecule has 7 heteroatoms. The maximum atomic E-state index is 5.68. The number of hydrogen-bond donors (Lipinski definition) is 2. The van der Waals surface area contributed by atoms with Crippen LogP contribution in [0.15, 0.2) is 35.5 Å². The summed E-state index contributed by atoms with van der Waals surface area (Å²) in [4.78, 5) is 9.22. The minimum Gasteiger partial charge on any atom is -0.496 e. The molecule has 1 aromatic heterocycles. The number of guanidine groups is 1. The second kappa shape index (κ2) is 12.4. The van der Waals surface area contributed by atoms with E-state index in [0.717, 1.165) is 46.4 Å². The van der Waals surface area contributed by atoms with Gasteiger partial charge in [-0.3, -0.25) is 4.98 Å². The number of rotatable bonds is 8. The van der Waals surface area contributed by atoms with E-state index in [4.69, 9.17) is 9.47 Å². The Morgan fingerprint density at radius 3 is 2.57 bits per heavy atom. The first-order valence-corrected chi connectivity index (χ1v) is 9.32. The maximum Gasteiger partial charge on any atom is 0.191 e. The van der Waals surface area contributed by atoms with Gasteiger partial charge >= 0.3 is 0 Å². The van der Waals surface area contributed by atoms with Crippen LogP contribution in [0.3, 0.4) is 0 Å². The van der Waals surface area contributed by atoms with Gasteiger partial charge in [0.05, 0.1) is 32.5 Å². The van der Waals surface area contributed by atoms with E-state index in [2.05, 4.69) is 20.6 Å². The Labute approximate surface area is 185 Å². The summed E-state index contributed by atoms with van der Waals surface area (Å²) in [5, 5.41) is 6.62. The lowest BCUT2D eigenvalue weighted by Crippen LogP contribution is -2.37. The summed E-state index contributed by atoms with van der Waals surface area (Å²) < 4.78 is 11.2. The lowest BCUT2D eigenvalue weighted by atomic mass is 10.1. The molecule has 0 saturated carbocycles. The molecule has 0 spiro atoms. The number of ether oxygens (including phenoxy) is 2. The summed E-state index contributed by atoms with van der Waals surface area (Å²) >= 11 is 0. The average Bonchev–Trinajstić information content (AvgIpc) is 2.67. The molecule has 0 unspecified atom stereocenters. The molecule has 1 aromatic carbocycles. The Morgan fingerprint density at radius 1 is 1.14 bits per heavy atom. The number of methoxy groups -OCH3 is 1. The van der Waals surface area contributed by atoms with Gasteiger partial charge in [-0.05, 0) is 33.8 Å². The second-order valence-corrected chi connectivity index (χ2v) is 6.14. The molecule has 0 fully saturated rings. The third-order valence-electron chi connectivity index (χ3n) is 4.20. The van der Waals surface area contributed by atoms with E-state index in [1.54, 1.807) is 7.11 Å². The first kappa shape index (κ1) is 24.0. The van der Waals surface area contributed by atoms with Crippen LogP contribution in [0.4, 0.5) is 0 Å². The number of pyridine rings is 1. The fraction of sp³-hybridized carbons (Fsp3) is 0.429. The van der Waals surface area contributed by atoms with E-state index in [0.29, 0.717) is 19.7 Å². The molecule has 0 amide bonds. The Bertz CT molecular complexity index is 781. The molecule has 0 saturated heterocycles. The van der Waals surface area contributed by atoms with Crippen molar-refractivity contribution in [3.63, 3.8) is 0 Å². The lowest BCUT2D eigenvalue weighted by molar-refractivity contribution is 0.336. The molecule has 0 aliphatic rings. The number of para-hydroxylation sites is 1. The molecule has 2 rings (SSSR count). The van der Waals surface area contributed by atoms with Crippen LogP contribution < -0.4 is 20.1 Å². The third-order valence-corrected chi connectivity index (χ3v) is 4.20. The van der Waals surface area contributed by atoms with Gasteiger partial charge in [-0.25, -0.2) is 4.99 Å². The predicted molar refractivity (Wildman–Crippen MR) is 125 cm³/mol. The van der Waals surface area contributed by atoms with Crippen molar-refractivity contribution in [1.29, 1.82) is 0 Å². The zero-order chi connectivity index (χ0) is 19.6. The maximum absolute atomic E-state index is 5.68. The summed E-state index contributed by atoms with van der Waals surface area (Å²) in [5.41, 5.74) is 4.08. The highest BCUT2D eigenvalue weighted by Gasteiger charge is 2.10. The van der Waals surface area contributed by atoms with Gasteiger partial charge in [0.15, 0.2) is 5.96 Å². The van der Waals surface area contributed by atoms with Gasteiger partial charge < -0.3 is 20.1 Å². The van der Waals surface area contributed by atoms with E-state index in [1.807, 2.05) is 58.2 Å². The number of benzene rings is 1. The molecule has 154 valence electrons. The summed E-state index contributed by atoms with van der Waals surface area (Å²) in [6.45, 7) is 10.6. The van der Waals surface area contributed by atoms with Crippen LogP contribution in [0, 0.1) is 13.8 Å². The number of aliphatic imine (C=N–C) groups is 1. The molecular formula is C21H31IN4O2. The summed E-state index contributed by atoms with van der Waals surface area (Å²) in [6, 6.07) is 7.98. The van der Waals surface area contributed by atoms with Crippen LogP contribution in [0.5, 0.6) is 11.5 Å². The minimum atomic E-state index is 0. The molecule has 1 heterocycles. The van der Waals surface area contributed by atoms with E-state index < -0.39 is 0 Å². The Kier molecular flexibility index (Phi) is 10.7. The number of hydrogen-bond acceptors (Lipinski definition) is 4. The number of nitrogens with zero attached hydrogens (tertiary/aromatic N) is 2. The van der Waals surface area contributed by atoms with E-state index in [-0.39, 0.29) is 24.0 Å². The van der Waals surface area contributed by atoms with Crippen molar-refractivity contribution < 1.29 is 9.47 Å². The topological polar surface area (TPSA) is 67.8 Å². The fourth-order valence-electron chi connectivity index (χ4n) is 2.85. The van der Waals surface area contributed by atoms with Crippen LogP contribution in [-0.2, 0) is 13.1 Å².